The molecular weight excluding hydrogens is 314 g/mol. The van der Waals surface area contributed by atoms with Gasteiger partial charge in [0.25, 0.3) is 0 Å². The zero-order valence-electron chi connectivity index (χ0n) is 14.7. The molecule has 1 aliphatic heterocycles. The molecule has 0 spiro atoms. The van der Waals surface area contributed by atoms with Crippen molar-refractivity contribution in [3.8, 4) is 0 Å². The fourth-order valence-electron chi connectivity index (χ4n) is 3.92. The molecule has 0 bridgehead atoms. The number of aryl methyl sites for hydroxylation is 1. The molecule has 25 heavy (non-hydrogen) atoms. The quantitative estimate of drug-likeness (QED) is 0.905. The lowest BCUT2D eigenvalue weighted by Gasteiger charge is -2.17. The van der Waals surface area contributed by atoms with Crippen molar-refractivity contribution in [1.29, 1.82) is 0 Å². The van der Waals surface area contributed by atoms with Crippen molar-refractivity contribution in [3.05, 3.63) is 46.2 Å². The first kappa shape index (κ1) is 16.3. The van der Waals surface area contributed by atoms with Crippen molar-refractivity contribution in [2.45, 2.75) is 38.8 Å². The van der Waals surface area contributed by atoms with E-state index in [2.05, 4.69) is 10.2 Å². The number of nitrogens with zero attached hydrogens (tertiary/aromatic N) is 2. The van der Waals surface area contributed by atoms with Crippen molar-refractivity contribution < 1.29 is 4.79 Å². The van der Waals surface area contributed by atoms with Crippen LogP contribution in [-0.4, -0.2) is 41.1 Å². The van der Waals surface area contributed by atoms with Gasteiger partial charge in [-0.05, 0) is 50.8 Å². The summed E-state index contributed by atoms with van der Waals surface area (Å²) in [4.78, 5) is 27.1. The van der Waals surface area contributed by atoms with E-state index in [-0.39, 0.29) is 17.9 Å². The molecular formula is C20H25N3O2. The highest BCUT2D eigenvalue weighted by Gasteiger charge is 2.34. The van der Waals surface area contributed by atoms with Crippen LogP contribution in [0.5, 0.6) is 0 Å². The molecule has 1 saturated carbocycles. The van der Waals surface area contributed by atoms with Crippen LogP contribution < -0.4 is 10.7 Å². The standard InChI is InChI=1S/C20H25N3O2/c1-14-10-19(24)17-4-2-3-5-18(17)23(14)13-20(25)21-11-15-8-9-22(12-15)16-6-7-16/h2-5,10,15-16H,6-9,11-13H2,1H3,(H,21,25)/t15-/m0/s1. The molecule has 1 N–H and O–H groups in total. The molecule has 1 aromatic heterocycles. The van der Waals surface area contributed by atoms with E-state index in [1.165, 1.54) is 25.8 Å². The Balaban J connectivity index is 1.41. The van der Waals surface area contributed by atoms with E-state index in [9.17, 15) is 9.59 Å². The highest BCUT2D eigenvalue weighted by molar-refractivity contribution is 5.82. The smallest absolute Gasteiger partial charge is 0.239 e. The van der Waals surface area contributed by atoms with Gasteiger partial charge in [0.15, 0.2) is 5.43 Å². The third-order valence-corrected chi connectivity index (χ3v) is 5.50. The molecule has 1 saturated heterocycles. The number of hydrogen-bond donors (Lipinski definition) is 1. The molecule has 2 fully saturated rings. The number of hydrogen-bond acceptors (Lipinski definition) is 3. The average Bonchev–Trinajstić information content (AvgIpc) is 3.35. The minimum atomic E-state index is 0.0101. The van der Waals surface area contributed by atoms with Gasteiger partial charge in [0, 0.05) is 36.3 Å². The lowest BCUT2D eigenvalue weighted by atomic mass is 10.1. The zero-order valence-corrected chi connectivity index (χ0v) is 14.7. The largest absolute Gasteiger partial charge is 0.354 e. The minimum Gasteiger partial charge on any atom is -0.354 e. The Morgan fingerprint density at radius 3 is 2.84 bits per heavy atom. The van der Waals surface area contributed by atoms with E-state index in [1.807, 2.05) is 35.8 Å². The number of rotatable bonds is 5. The van der Waals surface area contributed by atoms with E-state index >= 15 is 0 Å². The van der Waals surface area contributed by atoms with Crippen LogP contribution in [0.15, 0.2) is 35.1 Å². The number of pyridine rings is 1. The van der Waals surface area contributed by atoms with Crippen LogP contribution in [0, 0.1) is 12.8 Å². The number of amides is 1. The molecule has 2 aromatic rings. The van der Waals surface area contributed by atoms with Gasteiger partial charge >= 0.3 is 0 Å². The van der Waals surface area contributed by atoms with Gasteiger partial charge in [0.05, 0.1) is 5.52 Å². The molecule has 0 unspecified atom stereocenters. The summed E-state index contributed by atoms with van der Waals surface area (Å²) in [5, 5.41) is 3.76. The van der Waals surface area contributed by atoms with E-state index < -0.39 is 0 Å². The molecule has 4 rings (SSSR count). The number of carbonyl (C=O) groups excluding carboxylic acids is 1. The van der Waals surface area contributed by atoms with E-state index in [0.717, 1.165) is 30.3 Å². The monoisotopic (exact) mass is 339 g/mol. The molecule has 0 radical (unpaired) electrons. The first-order valence-corrected chi connectivity index (χ1v) is 9.22. The second-order valence-electron chi connectivity index (χ2n) is 7.44. The predicted octanol–water partition coefficient (Wildman–Crippen LogP) is 1.91. The van der Waals surface area contributed by atoms with Crippen LogP contribution in [-0.2, 0) is 11.3 Å². The number of benzene rings is 1. The normalized spacial score (nSPS) is 20.9. The summed E-state index contributed by atoms with van der Waals surface area (Å²) in [6, 6.07) is 9.91. The third-order valence-electron chi connectivity index (χ3n) is 5.50. The van der Waals surface area contributed by atoms with Gasteiger partial charge in [-0.15, -0.1) is 0 Å². The van der Waals surface area contributed by atoms with Crippen LogP contribution in [0.1, 0.15) is 25.0 Å². The number of carbonyl (C=O) groups is 1. The molecule has 5 heteroatoms. The van der Waals surface area contributed by atoms with E-state index in [0.29, 0.717) is 11.3 Å². The highest BCUT2D eigenvalue weighted by Crippen LogP contribution is 2.31. The van der Waals surface area contributed by atoms with Crippen LogP contribution >= 0.6 is 0 Å². The number of aromatic nitrogens is 1. The van der Waals surface area contributed by atoms with Gasteiger partial charge in [-0.2, -0.15) is 0 Å². The van der Waals surface area contributed by atoms with Crippen molar-refractivity contribution in [1.82, 2.24) is 14.8 Å². The van der Waals surface area contributed by atoms with Crippen LogP contribution in [0.25, 0.3) is 10.9 Å². The van der Waals surface area contributed by atoms with E-state index in [1.54, 1.807) is 6.07 Å². The number of nitrogens with one attached hydrogen (secondary N) is 1. The molecule has 2 aliphatic rings. The minimum absolute atomic E-state index is 0.0101. The lowest BCUT2D eigenvalue weighted by Crippen LogP contribution is -2.34. The fraction of sp³-hybridized carbons (Fsp3) is 0.500. The molecule has 1 amide bonds. The SMILES string of the molecule is Cc1cc(=O)c2ccccc2n1CC(=O)NC[C@@H]1CCN(C2CC2)C1. The van der Waals surface area contributed by atoms with Gasteiger partial charge in [-0.3, -0.25) is 9.59 Å². The number of likely N-dealkylation sites (tertiary alicyclic amines) is 1. The van der Waals surface area contributed by atoms with Gasteiger partial charge < -0.3 is 14.8 Å². The Kier molecular flexibility index (Phi) is 4.34. The Labute approximate surface area is 147 Å². The van der Waals surface area contributed by atoms with E-state index in [4.69, 9.17) is 0 Å². The predicted molar refractivity (Wildman–Crippen MR) is 98.7 cm³/mol. The maximum atomic E-state index is 12.5. The topological polar surface area (TPSA) is 54.3 Å². The van der Waals surface area contributed by atoms with Gasteiger partial charge in [-0.1, -0.05) is 12.1 Å². The van der Waals surface area contributed by atoms with Gasteiger partial charge in [-0.25, -0.2) is 0 Å². The molecule has 132 valence electrons. The number of fused-ring (bicyclic) bond motifs is 1. The summed E-state index contributed by atoms with van der Waals surface area (Å²) in [7, 11) is 0. The van der Waals surface area contributed by atoms with Crippen molar-refractivity contribution in [3.63, 3.8) is 0 Å². The average molecular weight is 339 g/mol. The Morgan fingerprint density at radius 1 is 1.24 bits per heavy atom. The van der Waals surface area contributed by atoms with Crippen molar-refractivity contribution >= 4 is 16.8 Å². The summed E-state index contributed by atoms with van der Waals surface area (Å²) >= 11 is 0. The Bertz CT molecular complexity index is 854. The lowest BCUT2D eigenvalue weighted by molar-refractivity contribution is -0.121. The van der Waals surface area contributed by atoms with Crippen LogP contribution in [0.2, 0.25) is 0 Å². The second kappa shape index (κ2) is 6.64. The summed E-state index contributed by atoms with van der Waals surface area (Å²) in [5.74, 6) is 0.582. The van der Waals surface area contributed by atoms with Crippen LogP contribution in [0.4, 0.5) is 0 Å². The Hall–Kier alpha value is -2.14. The summed E-state index contributed by atoms with van der Waals surface area (Å²) in [6.45, 7) is 5.18. The first-order valence-electron chi connectivity index (χ1n) is 9.22. The number of para-hydroxylation sites is 1. The summed E-state index contributed by atoms with van der Waals surface area (Å²) in [6.07, 6.45) is 3.87. The first-order chi connectivity index (χ1) is 12.1. The van der Waals surface area contributed by atoms with Crippen molar-refractivity contribution in [2.75, 3.05) is 19.6 Å². The zero-order chi connectivity index (χ0) is 17.4. The van der Waals surface area contributed by atoms with Gasteiger partial charge in [0.1, 0.15) is 6.54 Å². The summed E-state index contributed by atoms with van der Waals surface area (Å²) in [5.41, 5.74) is 1.65. The molecule has 1 atom stereocenters. The van der Waals surface area contributed by atoms with Crippen molar-refractivity contribution in [2.24, 2.45) is 5.92 Å². The highest BCUT2D eigenvalue weighted by atomic mass is 16.2. The molecule has 5 nitrogen and oxygen atoms in total. The Morgan fingerprint density at radius 2 is 2.04 bits per heavy atom. The fourth-order valence-corrected chi connectivity index (χ4v) is 3.92. The molecule has 1 aliphatic carbocycles. The maximum Gasteiger partial charge on any atom is 0.239 e. The van der Waals surface area contributed by atoms with Gasteiger partial charge in [0.2, 0.25) is 5.91 Å². The van der Waals surface area contributed by atoms with Crippen LogP contribution in [0.3, 0.4) is 0 Å². The maximum absolute atomic E-state index is 12.5. The second-order valence-corrected chi connectivity index (χ2v) is 7.44. The third kappa shape index (κ3) is 3.47. The molecule has 2 heterocycles. The summed E-state index contributed by atoms with van der Waals surface area (Å²) < 4.78 is 1.93. The molecule has 1 aromatic carbocycles.